The van der Waals surface area contributed by atoms with Crippen LogP contribution >= 0.6 is 0 Å². The molecule has 12 heavy (non-hydrogen) atoms. The Morgan fingerprint density at radius 2 is 2.17 bits per heavy atom. The Kier molecular flexibility index (Phi) is 2.06. The number of nitrogens with zero attached hydrogens (tertiary/aromatic N) is 1. The van der Waals surface area contributed by atoms with Crippen molar-refractivity contribution in [1.29, 1.82) is 0 Å². The molecule has 3 nitrogen and oxygen atoms in total. The van der Waals surface area contributed by atoms with Gasteiger partial charge in [0.2, 0.25) is 0 Å². The first-order valence-electron chi connectivity index (χ1n) is 4.39. The van der Waals surface area contributed by atoms with Crippen molar-refractivity contribution in [2.75, 3.05) is 6.54 Å². The van der Waals surface area contributed by atoms with Gasteiger partial charge < -0.3 is 11.1 Å². The molecule has 0 saturated carbocycles. The topological polar surface area (TPSA) is 50.4 Å². The molecule has 0 amide bonds. The van der Waals surface area contributed by atoms with Gasteiger partial charge in [0, 0.05) is 0 Å². The maximum absolute atomic E-state index is 5.57. The predicted molar refractivity (Wildman–Crippen MR) is 52.1 cm³/mol. The van der Waals surface area contributed by atoms with E-state index in [1.165, 1.54) is 0 Å². The van der Waals surface area contributed by atoms with Gasteiger partial charge in [0.05, 0.1) is 12.1 Å². The number of hydrogen-bond acceptors (Lipinski definition) is 3. The Labute approximate surface area is 74.4 Å². The van der Waals surface area contributed by atoms with E-state index in [-0.39, 0.29) is 5.54 Å². The average Bonchev–Trinajstić information content (AvgIpc) is 2.05. The van der Waals surface area contributed by atoms with E-state index in [1.54, 1.807) is 0 Å². The maximum atomic E-state index is 5.57. The molecule has 3 heteroatoms. The highest BCUT2D eigenvalue weighted by Gasteiger charge is 2.33. The second-order valence-corrected chi connectivity index (χ2v) is 5.12. The van der Waals surface area contributed by atoms with Gasteiger partial charge in [0.15, 0.2) is 5.96 Å². The minimum atomic E-state index is 0.0718. The fourth-order valence-electron chi connectivity index (χ4n) is 1.92. The average molecular weight is 169 g/mol. The second kappa shape index (κ2) is 2.64. The summed E-state index contributed by atoms with van der Waals surface area (Å²) in [4.78, 5) is 4.16. The van der Waals surface area contributed by atoms with Crippen LogP contribution in [-0.2, 0) is 0 Å². The van der Waals surface area contributed by atoms with E-state index in [0.717, 1.165) is 13.0 Å². The SMILES string of the molecule is CC(C)(C)CC1(C)CN=C(N)N1. The lowest BCUT2D eigenvalue weighted by molar-refractivity contribution is 0.265. The third-order valence-corrected chi connectivity index (χ3v) is 1.95. The van der Waals surface area contributed by atoms with Crippen molar-refractivity contribution >= 4 is 5.96 Å². The van der Waals surface area contributed by atoms with Gasteiger partial charge in [-0.25, -0.2) is 0 Å². The van der Waals surface area contributed by atoms with Gasteiger partial charge in [-0.3, -0.25) is 4.99 Å². The van der Waals surface area contributed by atoms with Crippen molar-refractivity contribution in [1.82, 2.24) is 5.32 Å². The minimum Gasteiger partial charge on any atom is -0.370 e. The van der Waals surface area contributed by atoms with Gasteiger partial charge in [0.1, 0.15) is 0 Å². The van der Waals surface area contributed by atoms with Crippen LogP contribution in [0.1, 0.15) is 34.1 Å². The highest BCUT2D eigenvalue weighted by Crippen LogP contribution is 2.28. The van der Waals surface area contributed by atoms with Crippen LogP contribution in [0.25, 0.3) is 0 Å². The smallest absolute Gasteiger partial charge is 0.189 e. The Morgan fingerprint density at radius 3 is 2.50 bits per heavy atom. The van der Waals surface area contributed by atoms with Crippen molar-refractivity contribution < 1.29 is 0 Å². The summed E-state index contributed by atoms with van der Waals surface area (Å²) in [7, 11) is 0. The van der Waals surface area contributed by atoms with Gasteiger partial charge in [-0.1, -0.05) is 20.8 Å². The molecular weight excluding hydrogens is 150 g/mol. The van der Waals surface area contributed by atoms with Crippen LogP contribution in [-0.4, -0.2) is 18.0 Å². The Morgan fingerprint density at radius 1 is 1.58 bits per heavy atom. The molecule has 0 fully saturated rings. The van der Waals surface area contributed by atoms with E-state index in [2.05, 4.69) is 38.0 Å². The van der Waals surface area contributed by atoms with Crippen LogP contribution in [0, 0.1) is 5.41 Å². The van der Waals surface area contributed by atoms with Crippen LogP contribution in [0.15, 0.2) is 4.99 Å². The standard InChI is InChI=1S/C9H19N3/c1-8(2,3)5-9(4)6-11-7(10)12-9/h5-6H2,1-4H3,(H3,10,11,12). The Hall–Kier alpha value is -0.730. The molecule has 1 rings (SSSR count). The molecule has 70 valence electrons. The fourth-order valence-corrected chi connectivity index (χ4v) is 1.92. The largest absolute Gasteiger partial charge is 0.370 e. The first kappa shape index (κ1) is 9.36. The molecule has 0 radical (unpaired) electrons. The zero-order valence-electron chi connectivity index (χ0n) is 8.44. The predicted octanol–water partition coefficient (Wildman–Crippen LogP) is 1.10. The third kappa shape index (κ3) is 2.40. The number of rotatable bonds is 1. The van der Waals surface area contributed by atoms with Crippen LogP contribution in [0.3, 0.4) is 0 Å². The molecule has 0 saturated heterocycles. The van der Waals surface area contributed by atoms with Crippen molar-refractivity contribution in [3.05, 3.63) is 0 Å². The maximum Gasteiger partial charge on any atom is 0.189 e. The summed E-state index contributed by atoms with van der Waals surface area (Å²) in [6.07, 6.45) is 1.09. The lowest BCUT2D eigenvalue weighted by atomic mass is 9.81. The summed E-state index contributed by atoms with van der Waals surface area (Å²) in [5.41, 5.74) is 5.96. The molecule has 0 bridgehead atoms. The van der Waals surface area contributed by atoms with Gasteiger partial charge >= 0.3 is 0 Å². The summed E-state index contributed by atoms with van der Waals surface area (Å²) < 4.78 is 0. The second-order valence-electron chi connectivity index (χ2n) is 5.12. The summed E-state index contributed by atoms with van der Waals surface area (Å²) >= 11 is 0. The molecular formula is C9H19N3. The van der Waals surface area contributed by atoms with Crippen LogP contribution in [0.2, 0.25) is 0 Å². The van der Waals surface area contributed by atoms with E-state index in [0.29, 0.717) is 11.4 Å². The normalized spacial score (nSPS) is 29.8. The molecule has 1 unspecified atom stereocenters. The van der Waals surface area contributed by atoms with Crippen molar-refractivity contribution in [3.63, 3.8) is 0 Å². The lowest BCUT2D eigenvalue weighted by Gasteiger charge is -2.31. The highest BCUT2D eigenvalue weighted by molar-refractivity contribution is 5.80. The van der Waals surface area contributed by atoms with Gasteiger partial charge in [-0.2, -0.15) is 0 Å². The number of nitrogens with two attached hydrogens (primary N) is 1. The van der Waals surface area contributed by atoms with E-state index in [4.69, 9.17) is 5.73 Å². The number of nitrogens with one attached hydrogen (secondary N) is 1. The summed E-state index contributed by atoms with van der Waals surface area (Å²) in [5.74, 6) is 0.585. The number of aliphatic imine (C=N–C) groups is 1. The molecule has 0 aromatic carbocycles. The monoisotopic (exact) mass is 169 g/mol. The van der Waals surface area contributed by atoms with E-state index < -0.39 is 0 Å². The number of hydrogen-bond donors (Lipinski definition) is 2. The lowest BCUT2D eigenvalue weighted by Crippen LogP contribution is -2.47. The van der Waals surface area contributed by atoms with E-state index in [1.807, 2.05) is 0 Å². The first-order valence-corrected chi connectivity index (χ1v) is 4.39. The molecule has 0 spiro atoms. The van der Waals surface area contributed by atoms with Gasteiger partial charge in [-0.05, 0) is 18.8 Å². The summed E-state index contributed by atoms with van der Waals surface area (Å²) in [6, 6.07) is 0. The van der Waals surface area contributed by atoms with Crippen LogP contribution in [0.5, 0.6) is 0 Å². The first-order chi connectivity index (χ1) is 5.31. The van der Waals surface area contributed by atoms with Gasteiger partial charge in [0.25, 0.3) is 0 Å². The van der Waals surface area contributed by atoms with Crippen molar-refractivity contribution in [2.45, 2.75) is 39.7 Å². The fraction of sp³-hybridized carbons (Fsp3) is 0.889. The van der Waals surface area contributed by atoms with Gasteiger partial charge in [-0.15, -0.1) is 0 Å². The van der Waals surface area contributed by atoms with E-state index in [9.17, 15) is 0 Å². The molecule has 3 N–H and O–H groups in total. The molecule has 1 heterocycles. The highest BCUT2D eigenvalue weighted by atomic mass is 15.2. The van der Waals surface area contributed by atoms with Crippen molar-refractivity contribution in [2.24, 2.45) is 16.1 Å². The summed E-state index contributed by atoms with van der Waals surface area (Å²) in [6.45, 7) is 9.66. The van der Waals surface area contributed by atoms with Crippen molar-refractivity contribution in [3.8, 4) is 0 Å². The third-order valence-electron chi connectivity index (χ3n) is 1.95. The Bertz CT molecular complexity index is 202. The van der Waals surface area contributed by atoms with Crippen LogP contribution < -0.4 is 11.1 Å². The molecule has 0 aromatic heterocycles. The zero-order chi connectivity index (χ0) is 9.41. The minimum absolute atomic E-state index is 0.0718. The summed E-state index contributed by atoms with van der Waals surface area (Å²) in [5, 5.41) is 3.21. The van der Waals surface area contributed by atoms with Crippen LogP contribution in [0.4, 0.5) is 0 Å². The molecule has 0 aromatic rings. The Balaban J connectivity index is 2.54. The molecule has 1 aliphatic rings. The van der Waals surface area contributed by atoms with E-state index >= 15 is 0 Å². The molecule has 1 aliphatic heterocycles. The molecule has 1 atom stereocenters. The zero-order valence-corrected chi connectivity index (χ0v) is 8.44. The quantitative estimate of drug-likeness (QED) is 0.617. The molecule has 0 aliphatic carbocycles. The number of guanidine groups is 1.